The molecule has 2 aliphatic rings. The summed E-state index contributed by atoms with van der Waals surface area (Å²) < 4.78 is 23.9. The largest absolute Gasteiger partial charge is 0.494 e. The molecule has 2 aromatic carbocycles. The van der Waals surface area contributed by atoms with E-state index < -0.39 is 0 Å². The summed E-state index contributed by atoms with van der Waals surface area (Å²) >= 11 is 0. The Balaban J connectivity index is 1.48. The topological polar surface area (TPSA) is 63.7 Å². The molecule has 8 nitrogen and oxygen atoms in total. The van der Waals surface area contributed by atoms with Crippen molar-refractivity contribution in [3.05, 3.63) is 53.6 Å². The van der Waals surface area contributed by atoms with E-state index in [4.69, 9.17) is 18.9 Å². The molecule has 0 N–H and O–H groups in total. The predicted octanol–water partition coefficient (Wildman–Crippen LogP) is 3.93. The zero-order chi connectivity index (χ0) is 26.7. The van der Waals surface area contributed by atoms with E-state index in [2.05, 4.69) is 30.0 Å². The number of hydrogen-bond donors (Lipinski definition) is 0. The van der Waals surface area contributed by atoms with E-state index in [9.17, 15) is 4.79 Å². The van der Waals surface area contributed by atoms with Crippen LogP contribution in [0.2, 0.25) is 0 Å². The van der Waals surface area contributed by atoms with Gasteiger partial charge >= 0.3 is 0 Å². The van der Waals surface area contributed by atoms with Gasteiger partial charge in [-0.05, 0) is 71.1 Å². The Bertz CT molecular complexity index is 1030. The van der Waals surface area contributed by atoms with Crippen LogP contribution in [0, 0.1) is 0 Å². The number of hydrogen-bond acceptors (Lipinski definition) is 7. The van der Waals surface area contributed by atoms with Crippen LogP contribution < -0.4 is 14.2 Å². The molecule has 0 unspecified atom stereocenters. The van der Waals surface area contributed by atoms with Gasteiger partial charge in [0.2, 0.25) is 0 Å². The Hall–Kier alpha value is -2.81. The molecular formula is C30H43N3O5. The second-order valence-corrected chi connectivity index (χ2v) is 10.2. The Morgan fingerprint density at radius 2 is 1.95 bits per heavy atom. The van der Waals surface area contributed by atoms with Crippen molar-refractivity contribution >= 4 is 5.91 Å². The van der Waals surface area contributed by atoms with Crippen LogP contribution in [0.5, 0.6) is 17.2 Å². The lowest BCUT2D eigenvalue weighted by Gasteiger charge is -2.31. The number of rotatable bonds is 8. The number of benzene rings is 2. The van der Waals surface area contributed by atoms with Gasteiger partial charge in [0.25, 0.3) is 5.91 Å². The number of para-hydroxylation sites is 1. The number of amides is 1. The van der Waals surface area contributed by atoms with Crippen LogP contribution in [0.4, 0.5) is 0 Å². The maximum Gasteiger partial charge on any atom is 0.254 e. The molecule has 208 valence electrons. The van der Waals surface area contributed by atoms with E-state index in [0.717, 1.165) is 61.7 Å². The molecule has 0 radical (unpaired) electrons. The van der Waals surface area contributed by atoms with E-state index in [1.807, 2.05) is 48.2 Å². The fraction of sp³-hybridized carbons (Fsp3) is 0.567. The highest BCUT2D eigenvalue weighted by Crippen LogP contribution is 2.34. The highest BCUT2D eigenvalue weighted by molar-refractivity contribution is 5.94. The first-order chi connectivity index (χ1) is 18.5. The predicted molar refractivity (Wildman–Crippen MR) is 148 cm³/mol. The molecule has 1 saturated heterocycles. The monoisotopic (exact) mass is 525 g/mol. The van der Waals surface area contributed by atoms with Crippen LogP contribution in [-0.2, 0) is 11.3 Å². The molecule has 0 bridgehead atoms. The zero-order valence-corrected chi connectivity index (χ0v) is 23.2. The molecule has 0 aliphatic carbocycles. The lowest BCUT2D eigenvalue weighted by molar-refractivity contribution is 0.0538. The van der Waals surface area contributed by atoms with Gasteiger partial charge in [-0.1, -0.05) is 18.2 Å². The Labute approximate surface area is 227 Å². The average molecular weight is 526 g/mol. The van der Waals surface area contributed by atoms with Crippen LogP contribution in [-0.4, -0.2) is 100.0 Å². The van der Waals surface area contributed by atoms with Crippen molar-refractivity contribution in [1.82, 2.24) is 14.7 Å². The normalized spacial score (nSPS) is 18.9. The van der Waals surface area contributed by atoms with E-state index in [-0.39, 0.29) is 11.9 Å². The Kier molecular flexibility index (Phi) is 10.7. The van der Waals surface area contributed by atoms with E-state index in [1.54, 1.807) is 0 Å². The molecular weight excluding hydrogens is 482 g/mol. The maximum atomic E-state index is 13.7. The van der Waals surface area contributed by atoms with Gasteiger partial charge in [-0.15, -0.1) is 0 Å². The summed E-state index contributed by atoms with van der Waals surface area (Å²) in [4.78, 5) is 20.3. The number of carbonyl (C=O) groups is 1. The molecule has 0 saturated carbocycles. The second kappa shape index (κ2) is 14.4. The van der Waals surface area contributed by atoms with E-state index in [0.29, 0.717) is 51.7 Å². The summed E-state index contributed by atoms with van der Waals surface area (Å²) in [7, 11) is 4.11. The Morgan fingerprint density at radius 3 is 2.79 bits per heavy atom. The van der Waals surface area contributed by atoms with Gasteiger partial charge in [-0.25, -0.2) is 0 Å². The standard InChI is InChI=1S/C30H43N3O5/c1-4-36-28-13-6-10-25-22-32-15-7-11-26(32)23-33(16-18-35-19-20-38-29(25)28)30(34)24-9-5-12-27(21-24)37-17-8-14-31(2)3/h5-6,9-10,12-13,21,26H,4,7-8,11,14-20,22-23H2,1-3H3/t26-/m0/s1. The minimum atomic E-state index is 0.0179. The minimum Gasteiger partial charge on any atom is -0.494 e. The van der Waals surface area contributed by atoms with Gasteiger partial charge in [0.1, 0.15) is 12.4 Å². The quantitative estimate of drug-likeness (QED) is 0.484. The summed E-state index contributed by atoms with van der Waals surface area (Å²) in [5.74, 6) is 2.33. The van der Waals surface area contributed by atoms with Gasteiger partial charge in [0, 0.05) is 43.3 Å². The molecule has 0 aromatic heterocycles. The van der Waals surface area contributed by atoms with Gasteiger partial charge in [0.05, 0.1) is 26.4 Å². The molecule has 1 amide bonds. The van der Waals surface area contributed by atoms with Crippen LogP contribution >= 0.6 is 0 Å². The van der Waals surface area contributed by atoms with Crippen LogP contribution in [0.3, 0.4) is 0 Å². The molecule has 2 aliphatic heterocycles. The van der Waals surface area contributed by atoms with Crippen molar-refractivity contribution in [2.75, 3.05) is 73.3 Å². The SMILES string of the molecule is CCOc1cccc2c1OCCOCCN(C(=O)c1cccc(OCCCN(C)C)c1)C[C@@H]1CCCN1C2. The smallest absolute Gasteiger partial charge is 0.254 e. The number of carbonyl (C=O) groups excluding carboxylic acids is 1. The highest BCUT2D eigenvalue weighted by Gasteiger charge is 2.30. The lowest BCUT2D eigenvalue weighted by Crippen LogP contribution is -2.44. The number of fused-ring (bicyclic) bond motifs is 2. The van der Waals surface area contributed by atoms with Crippen molar-refractivity contribution in [3.63, 3.8) is 0 Å². The summed E-state index contributed by atoms with van der Waals surface area (Å²) in [5, 5.41) is 0. The zero-order valence-electron chi connectivity index (χ0n) is 23.2. The third-order valence-corrected chi connectivity index (χ3v) is 7.03. The molecule has 38 heavy (non-hydrogen) atoms. The third kappa shape index (κ3) is 7.85. The minimum absolute atomic E-state index is 0.0179. The third-order valence-electron chi connectivity index (χ3n) is 7.03. The van der Waals surface area contributed by atoms with Gasteiger partial charge in [-0.3, -0.25) is 9.69 Å². The molecule has 8 heteroatoms. The van der Waals surface area contributed by atoms with Crippen molar-refractivity contribution < 1.29 is 23.7 Å². The van der Waals surface area contributed by atoms with Crippen LogP contribution in [0.15, 0.2) is 42.5 Å². The first-order valence-corrected chi connectivity index (χ1v) is 13.9. The van der Waals surface area contributed by atoms with Crippen LogP contribution in [0.1, 0.15) is 42.1 Å². The fourth-order valence-corrected chi connectivity index (χ4v) is 5.13. The second-order valence-electron chi connectivity index (χ2n) is 10.2. The molecule has 1 fully saturated rings. The Morgan fingerprint density at radius 1 is 1.08 bits per heavy atom. The molecule has 2 aromatic rings. The van der Waals surface area contributed by atoms with Crippen molar-refractivity contribution in [2.45, 2.75) is 38.8 Å². The molecule has 2 heterocycles. The van der Waals surface area contributed by atoms with Crippen molar-refractivity contribution in [3.8, 4) is 17.2 Å². The molecule has 4 rings (SSSR count). The summed E-state index contributed by atoms with van der Waals surface area (Å²) in [5.41, 5.74) is 1.76. The van der Waals surface area contributed by atoms with Gasteiger partial charge in [-0.2, -0.15) is 0 Å². The molecule has 1 atom stereocenters. The van der Waals surface area contributed by atoms with Crippen molar-refractivity contribution in [1.29, 1.82) is 0 Å². The van der Waals surface area contributed by atoms with Gasteiger partial charge in [0.15, 0.2) is 11.5 Å². The van der Waals surface area contributed by atoms with E-state index in [1.165, 1.54) is 0 Å². The summed E-state index contributed by atoms with van der Waals surface area (Å²) in [6.45, 7) is 8.46. The maximum absolute atomic E-state index is 13.7. The van der Waals surface area contributed by atoms with Crippen LogP contribution in [0.25, 0.3) is 0 Å². The van der Waals surface area contributed by atoms with Gasteiger partial charge < -0.3 is 28.7 Å². The summed E-state index contributed by atoms with van der Waals surface area (Å²) in [6, 6.07) is 13.9. The average Bonchev–Trinajstić information content (AvgIpc) is 3.35. The first kappa shape index (κ1) is 28.2. The van der Waals surface area contributed by atoms with E-state index >= 15 is 0 Å². The number of ether oxygens (including phenoxy) is 4. The first-order valence-electron chi connectivity index (χ1n) is 13.9. The highest BCUT2D eigenvalue weighted by atomic mass is 16.5. The fourth-order valence-electron chi connectivity index (χ4n) is 5.13. The molecule has 0 spiro atoms. The summed E-state index contributed by atoms with van der Waals surface area (Å²) in [6.07, 6.45) is 3.10. The van der Waals surface area contributed by atoms with Crippen molar-refractivity contribution in [2.24, 2.45) is 0 Å². The lowest BCUT2D eigenvalue weighted by atomic mass is 10.1. The number of nitrogens with zero attached hydrogens (tertiary/aromatic N) is 3.